The lowest BCUT2D eigenvalue weighted by Gasteiger charge is -2.41. The maximum absolute atomic E-state index is 7.02. The summed E-state index contributed by atoms with van der Waals surface area (Å²) in [6.45, 7) is 12.7. The summed E-state index contributed by atoms with van der Waals surface area (Å²) in [6.07, 6.45) is 2.09. The Hall–Kier alpha value is -2.27. The quantitative estimate of drug-likeness (QED) is 0.261. The lowest BCUT2D eigenvalue weighted by molar-refractivity contribution is 0.0293. The molecule has 228 valence electrons. The summed E-state index contributed by atoms with van der Waals surface area (Å²) in [5, 5.41) is 4.05. The zero-order valence-corrected chi connectivity index (χ0v) is 27.5. The molecule has 1 heterocycles. The molecule has 0 spiro atoms. The molecule has 2 aromatic carbocycles. The number of hydrogen-bond donors (Lipinski definition) is 2. The molecule has 2 aromatic rings. The van der Waals surface area contributed by atoms with Crippen molar-refractivity contribution in [1.29, 1.82) is 0 Å². The highest BCUT2D eigenvalue weighted by atomic mass is 35.5. The second-order valence-corrected chi connectivity index (χ2v) is 18.4. The van der Waals surface area contributed by atoms with Gasteiger partial charge >= 0.3 is 0 Å². The third-order valence-electron chi connectivity index (χ3n) is 9.42. The Bertz CT molecular complexity index is 1280. The first-order chi connectivity index (χ1) is 20.0. The van der Waals surface area contributed by atoms with Crippen LogP contribution in [0.1, 0.15) is 56.3 Å². The molecule has 0 bridgehead atoms. The third kappa shape index (κ3) is 6.77. The van der Waals surface area contributed by atoms with Gasteiger partial charge in [-0.05, 0) is 59.3 Å². The first-order valence-electron chi connectivity index (χ1n) is 15.0. The van der Waals surface area contributed by atoms with E-state index in [-0.39, 0.29) is 40.5 Å². The minimum atomic E-state index is -2.01. The Balaban J connectivity index is 1.35. The average molecular weight is 612 g/mol. The lowest BCUT2D eigenvalue weighted by atomic mass is 10.1. The Morgan fingerprint density at radius 2 is 1.76 bits per heavy atom. The van der Waals surface area contributed by atoms with Gasteiger partial charge in [0.2, 0.25) is 11.3 Å². The monoisotopic (exact) mass is 611 g/mol. The number of halogens is 1. The van der Waals surface area contributed by atoms with Crippen LogP contribution in [0.3, 0.4) is 0 Å². The number of ether oxygens (including phenoxy) is 2. The van der Waals surface area contributed by atoms with Crippen LogP contribution in [0.25, 0.3) is 0 Å². The Kier molecular flexibility index (Phi) is 9.47. The van der Waals surface area contributed by atoms with Crippen LogP contribution >= 0.6 is 11.6 Å². The van der Waals surface area contributed by atoms with Crippen molar-refractivity contribution in [2.24, 2.45) is 21.6 Å². The molecule has 0 aromatic heterocycles. The summed E-state index contributed by atoms with van der Waals surface area (Å²) in [6, 6.07) is 18.7. The summed E-state index contributed by atoms with van der Waals surface area (Å²) < 4.78 is 19.3. The van der Waals surface area contributed by atoms with Crippen LogP contribution in [0.4, 0.5) is 0 Å². The van der Waals surface area contributed by atoms with Crippen LogP contribution in [-0.4, -0.2) is 62.7 Å². The molecule has 8 nitrogen and oxygen atoms in total. The van der Waals surface area contributed by atoms with Crippen LogP contribution < -0.4 is 11.1 Å². The van der Waals surface area contributed by atoms with Gasteiger partial charge in [-0.25, -0.2) is 4.99 Å². The average Bonchev–Trinajstić information content (AvgIpc) is 3.48. The van der Waals surface area contributed by atoms with E-state index in [0.29, 0.717) is 19.2 Å². The van der Waals surface area contributed by atoms with Crippen molar-refractivity contribution in [3.63, 3.8) is 0 Å². The van der Waals surface area contributed by atoms with Gasteiger partial charge in [-0.3, -0.25) is 10.2 Å². The molecule has 1 fully saturated rings. The molecule has 3 aliphatic rings. The van der Waals surface area contributed by atoms with Gasteiger partial charge in [-0.2, -0.15) is 4.99 Å². The number of nitrogens with two attached hydrogens (primary N) is 1. The molecular weight excluding hydrogens is 566 g/mol. The van der Waals surface area contributed by atoms with Gasteiger partial charge in [0.1, 0.15) is 0 Å². The molecule has 1 saturated carbocycles. The molecule has 0 amide bonds. The van der Waals surface area contributed by atoms with E-state index in [4.69, 9.17) is 36.2 Å². The SMILES string of the molecule is CO[C@H]1Cc2ccccc2[C@H]1N1C(N)=NC(Cl)=NC1N[C@@H]1C[C@@H](COCc2ccccc2)[C@@H](O[Si](C)(C)C(C)(C)C)C1. The molecule has 42 heavy (non-hydrogen) atoms. The molecule has 1 unspecified atom stereocenters. The third-order valence-corrected chi connectivity index (χ3v) is 14.1. The van der Waals surface area contributed by atoms with Crippen molar-refractivity contribution in [1.82, 2.24) is 10.2 Å². The highest BCUT2D eigenvalue weighted by molar-refractivity contribution is 6.74. The van der Waals surface area contributed by atoms with Crippen LogP contribution in [0.5, 0.6) is 0 Å². The van der Waals surface area contributed by atoms with Gasteiger partial charge in [0, 0.05) is 25.5 Å². The number of fused-ring (bicyclic) bond motifs is 1. The molecule has 1 aliphatic heterocycles. The first kappa shape index (κ1) is 31.2. The minimum Gasteiger partial charge on any atom is -0.414 e. The van der Waals surface area contributed by atoms with Gasteiger partial charge in [0.15, 0.2) is 14.6 Å². The van der Waals surface area contributed by atoms with Gasteiger partial charge in [-0.15, -0.1) is 0 Å². The van der Waals surface area contributed by atoms with Crippen molar-refractivity contribution in [2.45, 2.75) is 95.4 Å². The maximum Gasteiger partial charge on any atom is 0.224 e. The van der Waals surface area contributed by atoms with Gasteiger partial charge in [0.05, 0.1) is 31.5 Å². The van der Waals surface area contributed by atoms with Crippen LogP contribution in [0.15, 0.2) is 64.6 Å². The van der Waals surface area contributed by atoms with Crippen molar-refractivity contribution >= 4 is 31.2 Å². The zero-order chi connectivity index (χ0) is 30.1. The van der Waals surface area contributed by atoms with E-state index in [2.05, 4.69) is 80.6 Å². The van der Waals surface area contributed by atoms with Crippen LogP contribution in [-0.2, 0) is 26.9 Å². The Morgan fingerprint density at radius 3 is 2.48 bits per heavy atom. The number of guanidine groups is 1. The van der Waals surface area contributed by atoms with E-state index in [1.54, 1.807) is 7.11 Å². The molecule has 6 atom stereocenters. The second-order valence-electron chi connectivity index (χ2n) is 13.3. The smallest absolute Gasteiger partial charge is 0.224 e. The van der Waals surface area contributed by atoms with E-state index >= 15 is 0 Å². The first-order valence-corrected chi connectivity index (χ1v) is 18.3. The van der Waals surface area contributed by atoms with Crippen LogP contribution in [0, 0.1) is 5.92 Å². The van der Waals surface area contributed by atoms with Crippen molar-refractivity contribution < 1.29 is 13.9 Å². The summed E-state index contributed by atoms with van der Waals surface area (Å²) in [5.74, 6) is 0.591. The summed E-state index contributed by atoms with van der Waals surface area (Å²) in [7, 11) is -0.256. The Labute approximate surface area is 256 Å². The van der Waals surface area contributed by atoms with E-state index in [1.165, 1.54) is 16.7 Å². The second kappa shape index (κ2) is 12.8. The number of amidine groups is 1. The summed E-state index contributed by atoms with van der Waals surface area (Å²) >= 11 is 6.40. The topological polar surface area (TPSA) is 93.7 Å². The fraction of sp³-hybridized carbons (Fsp3) is 0.562. The van der Waals surface area contributed by atoms with E-state index in [9.17, 15) is 0 Å². The van der Waals surface area contributed by atoms with Crippen molar-refractivity contribution in [3.05, 3.63) is 71.3 Å². The highest BCUT2D eigenvalue weighted by Gasteiger charge is 2.46. The fourth-order valence-corrected chi connectivity index (χ4v) is 7.75. The van der Waals surface area contributed by atoms with Gasteiger partial charge in [0.25, 0.3) is 0 Å². The van der Waals surface area contributed by atoms with E-state index in [0.717, 1.165) is 19.3 Å². The number of methoxy groups -OCH3 is 1. The highest BCUT2D eigenvalue weighted by Crippen LogP contribution is 2.42. The van der Waals surface area contributed by atoms with Gasteiger partial charge in [-0.1, -0.05) is 75.4 Å². The molecule has 0 radical (unpaired) electrons. The van der Waals surface area contributed by atoms with Crippen LogP contribution in [0.2, 0.25) is 18.1 Å². The van der Waals surface area contributed by atoms with E-state index in [1.807, 2.05) is 23.1 Å². The normalized spacial score (nSPS) is 28.0. The number of rotatable bonds is 10. The lowest BCUT2D eigenvalue weighted by Crippen LogP contribution is -2.57. The largest absolute Gasteiger partial charge is 0.414 e. The molecule has 5 rings (SSSR count). The van der Waals surface area contributed by atoms with Gasteiger partial charge < -0.3 is 19.6 Å². The van der Waals surface area contributed by atoms with Crippen molar-refractivity contribution in [2.75, 3.05) is 13.7 Å². The van der Waals surface area contributed by atoms with E-state index < -0.39 is 14.6 Å². The zero-order valence-electron chi connectivity index (χ0n) is 25.7. The molecule has 10 heteroatoms. The number of nitrogens with zero attached hydrogens (tertiary/aromatic N) is 3. The number of aliphatic imine (C=N–C) groups is 2. The van der Waals surface area contributed by atoms with Crippen molar-refractivity contribution in [3.8, 4) is 0 Å². The summed E-state index contributed by atoms with van der Waals surface area (Å²) in [4.78, 5) is 11.1. The maximum atomic E-state index is 7.02. The number of benzene rings is 2. The molecule has 3 N–H and O–H groups in total. The predicted octanol–water partition coefficient (Wildman–Crippen LogP) is 5.78. The predicted molar refractivity (Wildman–Crippen MR) is 172 cm³/mol. The Morgan fingerprint density at radius 1 is 1.05 bits per heavy atom. The molecule has 0 saturated heterocycles. The molecular formula is C32H46ClN5O3Si. The number of hydrogen-bond acceptors (Lipinski definition) is 8. The standard InChI is InChI=1S/C32H46ClN5O3Si/c1-32(2,3)42(5,6)41-26-18-24(16-23(26)20-40-19-21-12-8-7-9-13-21)35-31-37-29(33)36-30(34)38(31)28-25-15-11-10-14-22(25)17-27(28)39-4/h7-15,23-24,26-28,31,35H,16-20H2,1-6H3,(H2,34,36,37)/t23-,24+,26-,27-,28+,31?/m0/s1. The molecule has 2 aliphatic carbocycles. The number of nitrogens with one attached hydrogen (secondary N) is 1. The fourth-order valence-electron chi connectivity index (χ4n) is 6.17. The minimum absolute atomic E-state index is 0.0788. The summed E-state index contributed by atoms with van der Waals surface area (Å²) in [5.41, 5.74) is 10.2.